The van der Waals surface area contributed by atoms with Gasteiger partial charge in [0.05, 0.1) is 14.2 Å². The van der Waals surface area contributed by atoms with Crippen LogP contribution in [0, 0.1) is 11.3 Å². The van der Waals surface area contributed by atoms with Crippen LogP contribution < -0.4 is 9.47 Å². The summed E-state index contributed by atoms with van der Waals surface area (Å²) in [5.41, 5.74) is 0.931. The van der Waals surface area contributed by atoms with E-state index in [2.05, 4.69) is 27.7 Å². The van der Waals surface area contributed by atoms with Crippen molar-refractivity contribution in [2.24, 2.45) is 11.3 Å². The van der Waals surface area contributed by atoms with Gasteiger partial charge in [0.25, 0.3) is 0 Å². The molecule has 112 valence electrons. The molecule has 0 spiro atoms. The number of benzene rings is 1. The van der Waals surface area contributed by atoms with E-state index in [0.29, 0.717) is 29.4 Å². The smallest absolute Gasteiger partial charge is 0.163 e. The second kappa shape index (κ2) is 6.78. The number of ether oxygens (including phenoxy) is 2. The molecule has 0 aliphatic heterocycles. The van der Waals surface area contributed by atoms with Gasteiger partial charge in [-0.2, -0.15) is 0 Å². The molecule has 1 aromatic carbocycles. The van der Waals surface area contributed by atoms with E-state index in [1.165, 1.54) is 0 Å². The van der Waals surface area contributed by atoms with Crippen LogP contribution in [0.25, 0.3) is 0 Å². The molecule has 1 aromatic rings. The molecule has 0 aliphatic rings. The molecule has 0 aromatic heterocycles. The Morgan fingerprint density at radius 2 is 1.75 bits per heavy atom. The van der Waals surface area contributed by atoms with Crippen LogP contribution in [0.15, 0.2) is 18.2 Å². The molecule has 0 N–H and O–H groups in total. The number of Topliss-reactive ketones (excluding diaryl/α,β-unsaturated/α-hetero) is 1. The second-order valence-corrected chi connectivity index (χ2v) is 6.57. The highest BCUT2D eigenvalue weighted by Gasteiger charge is 2.19. The van der Waals surface area contributed by atoms with Crippen molar-refractivity contribution in [3.8, 4) is 11.5 Å². The van der Waals surface area contributed by atoms with Gasteiger partial charge in [0, 0.05) is 12.0 Å². The van der Waals surface area contributed by atoms with Crippen molar-refractivity contribution < 1.29 is 14.3 Å². The van der Waals surface area contributed by atoms with E-state index in [4.69, 9.17) is 9.47 Å². The fraction of sp³-hybridized carbons (Fsp3) is 0.588. The van der Waals surface area contributed by atoms with Crippen LogP contribution in [0.4, 0.5) is 0 Å². The number of carbonyl (C=O) groups excluding carboxylic acids is 1. The Morgan fingerprint density at radius 3 is 2.25 bits per heavy atom. The molecule has 0 amide bonds. The van der Waals surface area contributed by atoms with E-state index in [1.54, 1.807) is 32.4 Å². The molecular formula is C17H26O3. The lowest BCUT2D eigenvalue weighted by atomic mass is 9.83. The van der Waals surface area contributed by atoms with Crippen molar-refractivity contribution in [2.45, 2.75) is 40.5 Å². The quantitative estimate of drug-likeness (QED) is 0.726. The molecular weight excluding hydrogens is 252 g/mol. The lowest BCUT2D eigenvalue weighted by Gasteiger charge is -2.22. The van der Waals surface area contributed by atoms with E-state index < -0.39 is 0 Å². The molecule has 1 atom stereocenters. The molecule has 20 heavy (non-hydrogen) atoms. The minimum Gasteiger partial charge on any atom is -0.493 e. The number of ketones is 1. The van der Waals surface area contributed by atoms with Gasteiger partial charge in [0.1, 0.15) is 0 Å². The van der Waals surface area contributed by atoms with Gasteiger partial charge < -0.3 is 9.47 Å². The molecule has 0 aliphatic carbocycles. The maximum Gasteiger partial charge on any atom is 0.163 e. The minimum absolute atomic E-state index is 0.155. The molecule has 1 rings (SSSR count). The molecule has 0 saturated carbocycles. The zero-order chi connectivity index (χ0) is 15.3. The molecule has 0 fully saturated rings. The summed E-state index contributed by atoms with van der Waals surface area (Å²) in [5.74, 6) is 1.77. The number of rotatable bonds is 6. The molecule has 0 heterocycles. The summed E-state index contributed by atoms with van der Waals surface area (Å²) in [7, 11) is 3.17. The molecule has 3 heteroatoms. The van der Waals surface area contributed by atoms with E-state index in [0.717, 1.165) is 6.42 Å². The third kappa shape index (κ3) is 4.87. The average Bonchev–Trinajstić information content (AvgIpc) is 2.35. The maximum absolute atomic E-state index is 12.3. The van der Waals surface area contributed by atoms with Crippen molar-refractivity contribution in [3.05, 3.63) is 23.8 Å². The predicted molar refractivity (Wildman–Crippen MR) is 81.7 cm³/mol. The van der Waals surface area contributed by atoms with Crippen LogP contribution in [0.2, 0.25) is 0 Å². The Morgan fingerprint density at radius 1 is 1.15 bits per heavy atom. The highest BCUT2D eigenvalue weighted by Crippen LogP contribution is 2.30. The SMILES string of the molecule is COc1ccc(C(=O)CC(C)CC(C)(C)C)cc1OC. The molecule has 1 unspecified atom stereocenters. The fourth-order valence-corrected chi connectivity index (χ4v) is 2.56. The summed E-state index contributed by atoms with van der Waals surface area (Å²) >= 11 is 0. The first-order valence-corrected chi connectivity index (χ1v) is 7.02. The van der Waals surface area contributed by atoms with Gasteiger partial charge in [0.15, 0.2) is 17.3 Å². The zero-order valence-corrected chi connectivity index (χ0v) is 13.4. The number of hydrogen-bond donors (Lipinski definition) is 0. The van der Waals surface area contributed by atoms with E-state index >= 15 is 0 Å². The van der Waals surface area contributed by atoms with Gasteiger partial charge in [-0.05, 0) is 36.0 Å². The summed E-state index contributed by atoms with van der Waals surface area (Å²) in [6.07, 6.45) is 1.60. The van der Waals surface area contributed by atoms with Gasteiger partial charge in [-0.15, -0.1) is 0 Å². The molecule has 0 saturated heterocycles. The largest absolute Gasteiger partial charge is 0.493 e. The van der Waals surface area contributed by atoms with Crippen LogP contribution in [0.1, 0.15) is 50.9 Å². The Labute approximate surface area is 122 Å². The topological polar surface area (TPSA) is 35.5 Å². The van der Waals surface area contributed by atoms with Crippen LogP contribution in [-0.4, -0.2) is 20.0 Å². The Balaban J connectivity index is 2.77. The minimum atomic E-state index is 0.155. The van der Waals surface area contributed by atoms with Crippen molar-refractivity contribution in [1.29, 1.82) is 0 Å². The summed E-state index contributed by atoms with van der Waals surface area (Å²) in [6, 6.07) is 5.33. The highest BCUT2D eigenvalue weighted by molar-refractivity contribution is 5.96. The summed E-state index contributed by atoms with van der Waals surface area (Å²) in [6.45, 7) is 8.73. The Kier molecular flexibility index (Phi) is 5.61. The second-order valence-electron chi connectivity index (χ2n) is 6.57. The van der Waals surface area contributed by atoms with Gasteiger partial charge in [-0.3, -0.25) is 4.79 Å². The van der Waals surface area contributed by atoms with Gasteiger partial charge in [-0.1, -0.05) is 27.7 Å². The Hall–Kier alpha value is -1.51. The standard InChI is InChI=1S/C17H26O3/c1-12(11-17(2,3)4)9-14(18)13-7-8-15(19-5)16(10-13)20-6/h7-8,10,12H,9,11H2,1-6H3. The van der Waals surface area contributed by atoms with E-state index in [1.807, 2.05) is 0 Å². The van der Waals surface area contributed by atoms with Crippen molar-refractivity contribution in [3.63, 3.8) is 0 Å². The number of hydrogen-bond acceptors (Lipinski definition) is 3. The van der Waals surface area contributed by atoms with Crippen LogP contribution in [0.5, 0.6) is 11.5 Å². The molecule has 3 nitrogen and oxygen atoms in total. The van der Waals surface area contributed by atoms with Gasteiger partial charge >= 0.3 is 0 Å². The lowest BCUT2D eigenvalue weighted by Crippen LogP contribution is -2.14. The molecule has 0 radical (unpaired) electrons. The number of methoxy groups -OCH3 is 2. The zero-order valence-electron chi connectivity index (χ0n) is 13.4. The summed E-state index contributed by atoms with van der Waals surface area (Å²) in [5, 5.41) is 0. The van der Waals surface area contributed by atoms with Crippen molar-refractivity contribution >= 4 is 5.78 Å². The molecule has 0 bridgehead atoms. The predicted octanol–water partition coefficient (Wildman–Crippen LogP) is 4.35. The normalized spacial score (nSPS) is 12.9. The first-order valence-electron chi connectivity index (χ1n) is 7.02. The summed E-state index contributed by atoms with van der Waals surface area (Å²) < 4.78 is 10.4. The van der Waals surface area contributed by atoms with E-state index in [9.17, 15) is 4.79 Å². The van der Waals surface area contributed by atoms with Gasteiger partial charge in [0.2, 0.25) is 0 Å². The van der Waals surface area contributed by atoms with Crippen molar-refractivity contribution in [1.82, 2.24) is 0 Å². The number of carbonyl (C=O) groups is 1. The highest BCUT2D eigenvalue weighted by atomic mass is 16.5. The third-order valence-electron chi connectivity index (χ3n) is 3.20. The third-order valence-corrected chi connectivity index (χ3v) is 3.20. The van der Waals surface area contributed by atoms with Crippen LogP contribution >= 0.6 is 0 Å². The summed E-state index contributed by atoms with van der Waals surface area (Å²) in [4.78, 5) is 12.3. The Bertz CT molecular complexity index is 458. The lowest BCUT2D eigenvalue weighted by molar-refractivity contribution is 0.0954. The fourth-order valence-electron chi connectivity index (χ4n) is 2.56. The van der Waals surface area contributed by atoms with Crippen molar-refractivity contribution in [2.75, 3.05) is 14.2 Å². The van der Waals surface area contributed by atoms with Gasteiger partial charge in [-0.25, -0.2) is 0 Å². The monoisotopic (exact) mass is 278 g/mol. The van der Waals surface area contributed by atoms with E-state index in [-0.39, 0.29) is 11.2 Å². The first-order chi connectivity index (χ1) is 9.26. The first kappa shape index (κ1) is 16.5. The average molecular weight is 278 g/mol. The van der Waals surface area contributed by atoms with Crippen LogP contribution in [0.3, 0.4) is 0 Å². The van der Waals surface area contributed by atoms with Crippen LogP contribution in [-0.2, 0) is 0 Å². The maximum atomic E-state index is 12.3.